The lowest BCUT2D eigenvalue weighted by atomic mass is 10.2. The maximum atomic E-state index is 13.0. The number of carboxylic acid groups (broad SMARTS) is 1. The Morgan fingerprint density at radius 3 is 2.92 bits per heavy atom. The first-order valence-corrected chi connectivity index (χ1v) is 3.63. The van der Waals surface area contributed by atoms with E-state index in [-0.39, 0.29) is 5.56 Å². The summed E-state index contributed by atoms with van der Waals surface area (Å²) in [7, 11) is 0. The second-order valence-electron chi connectivity index (χ2n) is 2.52. The number of aromatic nitrogens is 1. The number of aliphatic carboxylic acids is 1. The molecule has 68 valence electrons. The Hall–Kier alpha value is -1.71. The number of carboxylic acids is 1. The summed E-state index contributed by atoms with van der Waals surface area (Å²) in [5, 5.41) is 8.28. The third kappa shape index (κ3) is 2.66. The number of hydrogen-bond donors (Lipinski definition) is 1. The van der Waals surface area contributed by atoms with Crippen molar-refractivity contribution >= 4 is 11.8 Å². The van der Waals surface area contributed by atoms with Gasteiger partial charge in [-0.05, 0) is 19.1 Å². The SMILES string of the molecule is Cc1cc(/C(F)=C/C(=O)O)ccn1. The molecular formula is C9H8FNO2. The van der Waals surface area contributed by atoms with Crippen LogP contribution in [-0.4, -0.2) is 16.1 Å². The Morgan fingerprint density at radius 2 is 2.38 bits per heavy atom. The highest BCUT2D eigenvalue weighted by Crippen LogP contribution is 2.15. The van der Waals surface area contributed by atoms with Gasteiger partial charge >= 0.3 is 5.97 Å². The average Bonchev–Trinajstić information content (AvgIpc) is 2.03. The predicted octanol–water partition coefficient (Wildman–Crippen LogP) is 1.79. The van der Waals surface area contributed by atoms with Crippen molar-refractivity contribution in [2.45, 2.75) is 6.92 Å². The molecule has 1 heterocycles. The molecule has 0 saturated heterocycles. The molecule has 1 aromatic rings. The first-order valence-electron chi connectivity index (χ1n) is 3.63. The zero-order chi connectivity index (χ0) is 9.84. The smallest absolute Gasteiger partial charge is 0.331 e. The molecule has 1 aromatic heterocycles. The molecule has 0 atom stereocenters. The average molecular weight is 181 g/mol. The molecule has 1 N–H and O–H groups in total. The second kappa shape index (κ2) is 3.80. The zero-order valence-electron chi connectivity index (χ0n) is 6.99. The Morgan fingerprint density at radius 1 is 1.69 bits per heavy atom. The van der Waals surface area contributed by atoms with Crippen molar-refractivity contribution < 1.29 is 14.3 Å². The van der Waals surface area contributed by atoms with Crippen molar-refractivity contribution in [1.29, 1.82) is 0 Å². The topological polar surface area (TPSA) is 50.2 Å². The summed E-state index contributed by atoms with van der Waals surface area (Å²) in [5.41, 5.74) is 0.876. The number of nitrogens with zero attached hydrogens (tertiary/aromatic N) is 1. The first-order chi connectivity index (χ1) is 6.09. The lowest BCUT2D eigenvalue weighted by Gasteiger charge is -1.97. The summed E-state index contributed by atoms with van der Waals surface area (Å²) in [5.74, 6) is -2.06. The minimum Gasteiger partial charge on any atom is -0.478 e. The third-order valence-electron chi connectivity index (χ3n) is 1.42. The van der Waals surface area contributed by atoms with Gasteiger partial charge in [-0.1, -0.05) is 0 Å². The quantitative estimate of drug-likeness (QED) is 0.707. The summed E-state index contributed by atoms with van der Waals surface area (Å²) < 4.78 is 13.0. The van der Waals surface area contributed by atoms with Crippen LogP contribution in [0.2, 0.25) is 0 Å². The highest BCUT2D eigenvalue weighted by atomic mass is 19.1. The molecule has 0 aliphatic heterocycles. The third-order valence-corrected chi connectivity index (χ3v) is 1.42. The van der Waals surface area contributed by atoms with E-state index in [1.54, 1.807) is 6.92 Å². The number of rotatable bonds is 2. The lowest BCUT2D eigenvalue weighted by molar-refractivity contribution is -0.131. The Kier molecular flexibility index (Phi) is 2.74. The van der Waals surface area contributed by atoms with Gasteiger partial charge in [0.15, 0.2) is 0 Å². The van der Waals surface area contributed by atoms with Crippen LogP contribution in [0.15, 0.2) is 24.4 Å². The van der Waals surface area contributed by atoms with Crippen molar-refractivity contribution in [3.8, 4) is 0 Å². The van der Waals surface area contributed by atoms with Gasteiger partial charge in [0.25, 0.3) is 0 Å². The van der Waals surface area contributed by atoms with Crippen LogP contribution in [0.4, 0.5) is 4.39 Å². The molecule has 0 bridgehead atoms. The molecule has 0 aliphatic carbocycles. The molecule has 4 heteroatoms. The van der Waals surface area contributed by atoms with Crippen molar-refractivity contribution in [2.24, 2.45) is 0 Å². The van der Waals surface area contributed by atoms with E-state index in [9.17, 15) is 9.18 Å². The zero-order valence-corrected chi connectivity index (χ0v) is 6.99. The maximum Gasteiger partial charge on any atom is 0.331 e. The standard InChI is InChI=1S/C9H8FNO2/c1-6-4-7(2-3-11-6)8(10)5-9(12)13/h2-5H,1H3,(H,12,13)/b8-5-. The molecule has 0 spiro atoms. The van der Waals surface area contributed by atoms with Crippen LogP contribution in [0.1, 0.15) is 11.3 Å². The Labute approximate surface area is 74.5 Å². The van der Waals surface area contributed by atoms with E-state index in [1.165, 1.54) is 18.3 Å². The highest BCUT2D eigenvalue weighted by Gasteiger charge is 2.02. The van der Waals surface area contributed by atoms with E-state index in [2.05, 4.69) is 4.98 Å². The fourth-order valence-electron chi connectivity index (χ4n) is 0.886. The van der Waals surface area contributed by atoms with Gasteiger partial charge in [0.2, 0.25) is 0 Å². The minimum absolute atomic E-state index is 0.231. The van der Waals surface area contributed by atoms with Crippen molar-refractivity contribution in [1.82, 2.24) is 4.98 Å². The van der Waals surface area contributed by atoms with Gasteiger partial charge in [0, 0.05) is 17.5 Å². The number of pyridine rings is 1. The molecule has 3 nitrogen and oxygen atoms in total. The van der Waals surface area contributed by atoms with Crippen molar-refractivity contribution in [2.75, 3.05) is 0 Å². The predicted molar refractivity (Wildman–Crippen MR) is 45.7 cm³/mol. The fourth-order valence-corrected chi connectivity index (χ4v) is 0.886. The van der Waals surface area contributed by atoms with Crippen molar-refractivity contribution in [3.63, 3.8) is 0 Å². The van der Waals surface area contributed by atoms with E-state index in [1.807, 2.05) is 0 Å². The van der Waals surface area contributed by atoms with E-state index in [4.69, 9.17) is 5.11 Å². The summed E-state index contributed by atoms with van der Waals surface area (Å²) in [6, 6.07) is 2.90. The van der Waals surface area contributed by atoms with Gasteiger partial charge < -0.3 is 5.11 Å². The molecule has 0 aromatic carbocycles. The van der Waals surface area contributed by atoms with Crippen molar-refractivity contribution in [3.05, 3.63) is 35.7 Å². The number of halogens is 1. The maximum absolute atomic E-state index is 13.0. The molecule has 0 radical (unpaired) electrons. The summed E-state index contributed by atoms with van der Waals surface area (Å²) in [6.45, 7) is 1.71. The van der Waals surface area contributed by atoms with E-state index in [0.29, 0.717) is 11.8 Å². The summed E-state index contributed by atoms with van der Waals surface area (Å²) >= 11 is 0. The molecule has 0 unspecified atom stereocenters. The summed E-state index contributed by atoms with van der Waals surface area (Å²) in [4.78, 5) is 14.0. The molecule has 0 saturated carbocycles. The van der Waals surface area contributed by atoms with Gasteiger partial charge in [0.1, 0.15) is 5.83 Å². The van der Waals surface area contributed by atoms with Gasteiger partial charge in [-0.15, -0.1) is 0 Å². The molecular weight excluding hydrogens is 173 g/mol. The van der Waals surface area contributed by atoms with Gasteiger partial charge in [-0.2, -0.15) is 0 Å². The number of hydrogen-bond acceptors (Lipinski definition) is 2. The minimum atomic E-state index is -1.30. The molecule has 0 fully saturated rings. The van der Waals surface area contributed by atoms with Crippen LogP contribution in [0.5, 0.6) is 0 Å². The fraction of sp³-hybridized carbons (Fsp3) is 0.111. The monoisotopic (exact) mass is 181 g/mol. The molecule has 0 amide bonds. The van der Waals surface area contributed by atoms with Crippen LogP contribution in [0, 0.1) is 6.92 Å². The number of aryl methyl sites for hydroxylation is 1. The largest absolute Gasteiger partial charge is 0.478 e. The Bertz CT molecular complexity index is 360. The molecule has 0 aliphatic rings. The van der Waals surface area contributed by atoms with E-state index in [0.717, 1.165) is 0 Å². The molecule has 1 rings (SSSR count). The van der Waals surface area contributed by atoms with Gasteiger partial charge in [0.05, 0.1) is 6.08 Å². The van der Waals surface area contributed by atoms with Gasteiger partial charge in [-0.25, -0.2) is 9.18 Å². The number of carbonyl (C=O) groups is 1. The summed E-state index contributed by atoms with van der Waals surface area (Å²) in [6.07, 6.45) is 1.95. The first kappa shape index (κ1) is 9.38. The normalized spacial score (nSPS) is 11.4. The van der Waals surface area contributed by atoms with Gasteiger partial charge in [-0.3, -0.25) is 4.98 Å². The molecule has 13 heavy (non-hydrogen) atoms. The van der Waals surface area contributed by atoms with Crippen LogP contribution >= 0.6 is 0 Å². The lowest BCUT2D eigenvalue weighted by Crippen LogP contribution is -1.90. The highest BCUT2D eigenvalue weighted by molar-refractivity contribution is 5.87. The second-order valence-corrected chi connectivity index (χ2v) is 2.52. The van der Waals surface area contributed by atoms with E-state index >= 15 is 0 Å². The van der Waals surface area contributed by atoms with Crippen LogP contribution in [0.25, 0.3) is 5.83 Å². The van der Waals surface area contributed by atoms with Crippen LogP contribution < -0.4 is 0 Å². The van der Waals surface area contributed by atoms with Crippen LogP contribution in [-0.2, 0) is 4.79 Å². The van der Waals surface area contributed by atoms with E-state index < -0.39 is 11.8 Å². The van der Waals surface area contributed by atoms with Crippen LogP contribution in [0.3, 0.4) is 0 Å². The Balaban J connectivity index is 3.02.